The van der Waals surface area contributed by atoms with Gasteiger partial charge in [-0.3, -0.25) is 10.1 Å². The molecule has 0 saturated heterocycles. The van der Waals surface area contributed by atoms with Crippen molar-refractivity contribution in [3.8, 4) is 0 Å². The number of rotatable bonds is 7. The van der Waals surface area contributed by atoms with Crippen LogP contribution in [0, 0.1) is 10.1 Å². The number of nitro groups is 1. The van der Waals surface area contributed by atoms with Crippen LogP contribution < -0.4 is 9.62 Å². The highest BCUT2D eigenvalue weighted by Gasteiger charge is 2.26. The molecule has 2 aromatic rings. The smallest absolute Gasteiger partial charge is 0.270 e. The Bertz CT molecular complexity index is 821. The molecule has 130 valence electrons. The van der Waals surface area contributed by atoms with E-state index in [4.69, 9.17) is 16.0 Å². The van der Waals surface area contributed by atoms with E-state index in [1.807, 2.05) is 14.1 Å². The standard InChI is InChI=1S/C14H16ClN3O5S/c1-17(2)12(13-4-3-7-23-13)9-16-24(21,22)14-8-10(18(19)20)5-6-11(14)15/h3-8,12,16H,9H2,1-2H3/p+1/t12-/m1/s1. The minimum absolute atomic E-state index is 0.0528. The number of benzene rings is 1. The van der Waals surface area contributed by atoms with Crippen LogP contribution in [0.2, 0.25) is 5.02 Å². The number of nitrogens with one attached hydrogen (secondary N) is 2. The molecule has 1 aromatic carbocycles. The number of sulfonamides is 1. The van der Waals surface area contributed by atoms with Gasteiger partial charge < -0.3 is 9.32 Å². The van der Waals surface area contributed by atoms with Crippen molar-refractivity contribution < 1.29 is 22.7 Å². The molecule has 8 nitrogen and oxygen atoms in total. The van der Waals surface area contributed by atoms with Gasteiger partial charge in [0.05, 0.1) is 36.8 Å². The lowest BCUT2D eigenvalue weighted by Gasteiger charge is -2.20. The quantitative estimate of drug-likeness (QED) is 0.555. The summed E-state index contributed by atoms with van der Waals surface area (Å²) in [5.74, 6) is 0.628. The van der Waals surface area contributed by atoms with Crippen molar-refractivity contribution in [2.24, 2.45) is 0 Å². The van der Waals surface area contributed by atoms with Gasteiger partial charge >= 0.3 is 0 Å². The summed E-state index contributed by atoms with van der Waals surface area (Å²) >= 11 is 5.90. The maximum atomic E-state index is 12.5. The van der Waals surface area contributed by atoms with E-state index in [-0.39, 0.29) is 28.2 Å². The van der Waals surface area contributed by atoms with Gasteiger partial charge in [-0.1, -0.05) is 11.6 Å². The van der Waals surface area contributed by atoms with Gasteiger partial charge in [0.25, 0.3) is 5.69 Å². The first kappa shape index (κ1) is 18.4. The third kappa shape index (κ3) is 4.12. The second kappa shape index (κ2) is 7.31. The summed E-state index contributed by atoms with van der Waals surface area (Å²) < 4.78 is 32.7. The molecule has 1 heterocycles. The fourth-order valence-electron chi connectivity index (χ4n) is 2.16. The van der Waals surface area contributed by atoms with Gasteiger partial charge in [-0.2, -0.15) is 0 Å². The van der Waals surface area contributed by atoms with Gasteiger partial charge in [-0.05, 0) is 18.2 Å². The largest absolute Gasteiger partial charge is 0.463 e. The third-order valence-electron chi connectivity index (χ3n) is 3.48. The highest BCUT2D eigenvalue weighted by atomic mass is 35.5. The summed E-state index contributed by atoms with van der Waals surface area (Å²) in [6.07, 6.45) is 1.51. The molecule has 0 aliphatic heterocycles. The zero-order valence-corrected chi connectivity index (χ0v) is 14.6. The predicted octanol–water partition coefficient (Wildman–Crippen LogP) is 1.01. The van der Waals surface area contributed by atoms with Gasteiger partial charge in [0.2, 0.25) is 10.0 Å². The van der Waals surface area contributed by atoms with Crippen molar-refractivity contribution in [1.82, 2.24) is 4.72 Å². The zero-order chi connectivity index (χ0) is 17.9. The number of quaternary nitrogens is 1. The fraction of sp³-hybridized carbons (Fsp3) is 0.286. The molecule has 0 aliphatic carbocycles. The number of hydrogen-bond donors (Lipinski definition) is 2. The summed E-state index contributed by atoms with van der Waals surface area (Å²) in [6, 6.07) is 6.50. The molecule has 1 atom stereocenters. The summed E-state index contributed by atoms with van der Waals surface area (Å²) in [7, 11) is -0.282. The Balaban J connectivity index is 2.25. The van der Waals surface area contributed by atoms with Crippen LogP contribution in [0.15, 0.2) is 45.9 Å². The van der Waals surface area contributed by atoms with Crippen LogP contribution in [0.5, 0.6) is 0 Å². The lowest BCUT2D eigenvalue weighted by Crippen LogP contribution is -3.07. The Morgan fingerprint density at radius 2 is 2.08 bits per heavy atom. The molecule has 0 saturated carbocycles. The van der Waals surface area contributed by atoms with Crippen molar-refractivity contribution in [3.63, 3.8) is 0 Å². The van der Waals surface area contributed by atoms with Gasteiger partial charge in [-0.15, -0.1) is 0 Å². The normalized spacial score (nSPS) is 13.2. The average Bonchev–Trinajstić information content (AvgIpc) is 3.01. The molecule has 0 spiro atoms. The number of nitro benzene ring substituents is 1. The second-order valence-corrected chi connectivity index (χ2v) is 7.51. The Labute approximate surface area is 144 Å². The van der Waals surface area contributed by atoms with Crippen molar-refractivity contribution in [3.05, 3.63) is 57.5 Å². The Kier molecular flexibility index (Phi) is 5.60. The summed E-state index contributed by atoms with van der Waals surface area (Å²) in [5, 5.41) is 10.8. The topological polar surface area (TPSA) is 107 Å². The van der Waals surface area contributed by atoms with Crippen molar-refractivity contribution in [1.29, 1.82) is 0 Å². The van der Waals surface area contributed by atoms with Gasteiger partial charge in [0, 0.05) is 12.1 Å². The van der Waals surface area contributed by atoms with E-state index in [9.17, 15) is 18.5 Å². The van der Waals surface area contributed by atoms with E-state index >= 15 is 0 Å². The molecule has 2 N–H and O–H groups in total. The average molecular weight is 375 g/mol. The van der Waals surface area contributed by atoms with Crippen LogP contribution in [0.25, 0.3) is 0 Å². The number of nitrogens with zero attached hydrogens (tertiary/aromatic N) is 1. The van der Waals surface area contributed by atoms with E-state index < -0.39 is 14.9 Å². The van der Waals surface area contributed by atoms with Gasteiger partial charge in [-0.25, -0.2) is 13.1 Å². The lowest BCUT2D eigenvalue weighted by molar-refractivity contribution is -0.891. The second-order valence-electron chi connectivity index (χ2n) is 5.37. The highest BCUT2D eigenvalue weighted by molar-refractivity contribution is 7.89. The van der Waals surface area contributed by atoms with E-state index in [0.717, 1.165) is 17.0 Å². The minimum Gasteiger partial charge on any atom is -0.463 e. The third-order valence-corrected chi connectivity index (χ3v) is 5.38. The maximum absolute atomic E-state index is 12.5. The number of likely N-dealkylation sites (N-methyl/N-ethyl adjacent to an activating group) is 1. The monoisotopic (exact) mass is 374 g/mol. The van der Waals surface area contributed by atoms with Gasteiger partial charge in [0.1, 0.15) is 4.90 Å². The molecule has 10 heteroatoms. The van der Waals surface area contributed by atoms with Crippen LogP contribution in [0.4, 0.5) is 5.69 Å². The molecule has 0 fully saturated rings. The lowest BCUT2D eigenvalue weighted by atomic mass is 10.2. The molecule has 0 amide bonds. The molecule has 0 bridgehead atoms. The van der Waals surface area contributed by atoms with Crippen LogP contribution in [-0.2, 0) is 10.0 Å². The van der Waals surface area contributed by atoms with Crippen LogP contribution in [0.1, 0.15) is 11.8 Å². The van der Waals surface area contributed by atoms with Crippen molar-refractivity contribution in [2.75, 3.05) is 20.6 Å². The SMILES string of the molecule is C[NH+](C)[C@H](CNS(=O)(=O)c1cc([N+](=O)[O-])ccc1Cl)c1ccco1. The zero-order valence-electron chi connectivity index (χ0n) is 13.0. The Hall–Kier alpha value is -1.94. The molecule has 24 heavy (non-hydrogen) atoms. The molecular formula is C14H17ClN3O5S+. The highest BCUT2D eigenvalue weighted by Crippen LogP contribution is 2.26. The van der Waals surface area contributed by atoms with Crippen molar-refractivity contribution >= 4 is 27.3 Å². The summed E-state index contributed by atoms with van der Waals surface area (Å²) in [5.41, 5.74) is -0.347. The molecule has 0 unspecified atom stereocenters. The van der Waals surface area contributed by atoms with Crippen molar-refractivity contribution in [2.45, 2.75) is 10.9 Å². The maximum Gasteiger partial charge on any atom is 0.270 e. The number of non-ortho nitro benzene ring substituents is 1. The minimum atomic E-state index is -4.01. The first-order chi connectivity index (χ1) is 11.2. The van der Waals surface area contributed by atoms with Gasteiger partial charge in [0.15, 0.2) is 11.8 Å². The Morgan fingerprint density at radius 3 is 2.62 bits per heavy atom. The summed E-state index contributed by atoms with van der Waals surface area (Å²) in [6.45, 7) is 0.0528. The fourth-order valence-corrected chi connectivity index (χ4v) is 3.73. The number of hydrogen-bond acceptors (Lipinski definition) is 5. The van der Waals surface area contributed by atoms with E-state index in [0.29, 0.717) is 5.76 Å². The van der Waals surface area contributed by atoms with Crippen LogP contribution >= 0.6 is 11.6 Å². The Morgan fingerprint density at radius 1 is 1.38 bits per heavy atom. The first-order valence-electron chi connectivity index (χ1n) is 6.99. The molecule has 1 aromatic heterocycles. The van der Waals surface area contributed by atoms with E-state index in [1.165, 1.54) is 12.3 Å². The number of furan rings is 1. The number of halogens is 1. The molecule has 0 radical (unpaired) electrons. The van der Waals surface area contributed by atoms with E-state index in [1.54, 1.807) is 12.1 Å². The molecule has 2 rings (SSSR count). The van der Waals surface area contributed by atoms with Crippen LogP contribution in [-0.4, -0.2) is 34.0 Å². The van der Waals surface area contributed by atoms with E-state index in [2.05, 4.69) is 4.72 Å². The molecule has 0 aliphatic rings. The molecular weight excluding hydrogens is 358 g/mol. The predicted molar refractivity (Wildman–Crippen MR) is 87.6 cm³/mol. The first-order valence-corrected chi connectivity index (χ1v) is 8.85. The summed E-state index contributed by atoms with van der Waals surface area (Å²) in [4.78, 5) is 10.8. The van der Waals surface area contributed by atoms with Crippen LogP contribution in [0.3, 0.4) is 0 Å².